The van der Waals surface area contributed by atoms with Crippen molar-refractivity contribution in [2.24, 2.45) is 0 Å². The summed E-state index contributed by atoms with van der Waals surface area (Å²) >= 11 is 0. The van der Waals surface area contributed by atoms with Crippen LogP contribution in [0.5, 0.6) is 0 Å². The van der Waals surface area contributed by atoms with E-state index in [1.54, 1.807) is 4.31 Å². The molecule has 1 atom stereocenters. The fraction of sp³-hybridized carbons (Fsp3) is 0.600. The lowest BCUT2D eigenvalue weighted by Crippen LogP contribution is -2.42. The maximum Gasteiger partial charge on any atom is 0.243 e. The van der Waals surface area contributed by atoms with E-state index in [-0.39, 0.29) is 6.04 Å². The van der Waals surface area contributed by atoms with Crippen LogP contribution >= 0.6 is 0 Å². The van der Waals surface area contributed by atoms with Gasteiger partial charge in [-0.25, -0.2) is 8.42 Å². The van der Waals surface area contributed by atoms with Gasteiger partial charge in [-0.3, -0.25) is 0 Å². The lowest BCUT2D eigenvalue weighted by Gasteiger charge is -2.32. The highest BCUT2D eigenvalue weighted by molar-refractivity contribution is 7.89. The Labute approximate surface area is 116 Å². The number of hydrogen-bond acceptors (Lipinski definition) is 2. The van der Waals surface area contributed by atoms with Crippen LogP contribution in [0.15, 0.2) is 17.0 Å². The SMILES string of the molecule is Cc1cc(C)c(S(=O)(=O)N2CCCC[C@H]2C)cc1C. The van der Waals surface area contributed by atoms with E-state index in [0.717, 1.165) is 36.0 Å². The third kappa shape index (κ3) is 2.70. The summed E-state index contributed by atoms with van der Waals surface area (Å²) in [6.45, 7) is 8.52. The molecule has 0 aromatic heterocycles. The van der Waals surface area contributed by atoms with Crippen LogP contribution in [-0.2, 0) is 10.0 Å². The van der Waals surface area contributed by atoms with E-state index in [0.29, 0.717) is 11.4 Å². The molecule has 0 amide bonds. The number of aryl methyl sites for hydroxylation is 3. The van der Waals surface area contributed by atoms with Crippen LogP contribution in [0.2, 0.25) is 0 Å². The summed E-state index contributed by atoms with van der Waals surface area (Å²) in [6.07, 6.45) is 3.05. The average molecular weight is 281 g/mol. The molecule has 106 valence electrons. The van der Waals surface area contributed by atoms with E-state index in [1.807, 2.05) is 39.8 Å². The third-order valence-corrected chi connectivity index (χ3v) is 6.28. The number of sulfonamides is 1. The molecule has 2 rings (SSSR count). The van der Waals surface area contributed by atoms with Gasteiger partial charge in [0.05, 0.1) is 4.90 Å². The summed E-state index contributed by atoms with van der Waals surface area (Å²) in [5.41, 5.74) is 3.03. The number of rotatable bonds is 2. The molecule has 0 radical (unpaired) electrons. The Kier molecular flexibility index (Phi) is 4.02. The van der Waals surface area contributed by atoms with Crippen molar-refractivity contribution in [3.63, 3.8) is 0 Å². The topological polar surface area (TPSA) is 37.4 Å². The van der Waals surface area contributed by atoms with Crippen molar-refractivity contribution in [3.05, 3.63) is 28.8 Å². The van der Waals surface area contributed by atoms with E-state index in [4.69, 9.17) is 0 Å². The minimum absolute atomic E-state index is 0.111. The van der Waals surface area contributed by atoms with Crippen LogP contribution in [0.25, 0.3) is 0 Å². The standard InChI is InChI=1S/C15H23NO2S/c1-11-9-13(3)15(10-12(11)2)19(17,18)16-8-6-5-7-14(16)4/h9-10,14H,5-8H2,1-4H3/t14-/m1/s1. The van der Waals surface area contributed by atoms with Crippen LogP contribution in [0.1, 0.15) is 42.9 Å². The first kappa shape index (κ1) is 14.5. The molecule has 1 aromatic rings. The first-order valence-electron chi connectivity index (χ1n) is 6.93. The van der Waals surface area contributed by atoms with Crippen molar-refractivity contribution >= 4 is 10.0 Å². The second-order valence-electron chi connectivity index (χ2n) is 5.66. The average Bonchev–Trinajstić information content (AvgIpc) is 2.34. The molecule has 1 heterocycles. The number of piperidine rings is 1. The molecule has 1 aromatic carbocycles. The highest BCUT2D eigenvalue weighted by atomic mass is 32.2. The predicted octanol–water partition coefficient (Wildman–Crippen LogP) is 3.17. The van der Waals surface area contributed by atoms with Gasteiger partial charge in [-0.15, -0.1) is 0 Å². The van der Waals surface area contributed by atoms with E-state index < -0.39 is 10.0 Å². The summed E-state index contributed by atoms with van der Waals surface area (Å²) < 4.78 is 27.3. The summed E-state index contributed by atoms with van der Waals surface area (Å²) in [7, 11) is -3.35. The molecule has 0 spiro atoms. The Morgan fingerprint density at radius 3 is 2.32 bits per heavy atom. The van der Waals surface area contributed by atoms with Crippen molar-refractivity contribution in [2.75, 3.05) is 6.54 Å². The van der Waals surface area contributed by atoms with Crippen LogP contribution < -0.4 is 0 Å². The summed E-state index contributed by atoms with van der Waals surface area (Å²) in [4.78, 5) is 0.476. The molecule has 1 aliphatic rings. The Bertz CT molecular complexity index is 578. The zero-order chi connectivity index (χ0) is 14.2. The van der Waals surface area contributed by atoms with E-state index >= 15 is 0 Å². The van der Waals surface area contributed by atoms with Crippen molar-refractivity contribution in [1.29, 1.82) is 0 Å². The van der Waals surface area contributed by atoms with Crippen LogP contribution in [0.4, 0.5) is 0 Å². The Hall–Kier alpha value is -0.870. The van der Waals surface area contributed by atoms with Crippen molar-refractivity contribution in [2.45, 2.75) is 57.9 Å². The fourth-order valence-electron chi connectivity index (χ4n) is 2.77. The second kappa shape index (κ2) is 5.25. The Balaban J connectivity index is 2.47. The summed E-state index contributed by atoms with van der Waals surface area (Å²) in [5, 5.41) is 0. The van der Waals surface area contributed by atoms with Gasteiger partial charge < -0.3 is 0 Å². The Morgan fingerprint density at radius 2 is 1.68 bits per heavy atom. The smallest absolute Gasteiger partial charge is 0.207 e. The lowest BCUT2D eigenvalue weighted by atomic mass is 10.1. The number of benzene rings is 1. The molecular weight excluding hydrogens is 258 g/mol. The largest absolute Gasteiger partial charge is 0.243 e. The fourth-order valence-corrected chi connectivity index (χ4v) is 4.76. The molecule has 0 unspecified atom stereocenters. The van der Waals surface area contributed by atoms with Gasteiger partial charge in [-0.1, -0.05) is 12.5 Å². The zero-order valence-corrected chi connectivity index (χ0v) is 13.0. The van der Waals surface area contributed by atoms with E-state index in [1.165, 1.54) is 0 Å². The molecule has 0 bridgehead atoms. The van der Waals surface area contributed by atoms with Crippen molar-refractivity contribution < 1.29 is 8.42 Å². The second-order valence-corrected chi connectivity index (χ2v) is 7.52. The van der Waals surface area contributed by atoms with Crippen LogP contribution in [0, 0.1) is 20.8 Å². The highest BCUT2D eigenvalue weighted by Gasteiger charge is 2.32. The quantitative estimate of drug-likeness (QED) is 0.835. The number of nitrogens with zero attached hydrogens (tertiary/aromatic N) is 1. The van der Waals surface area contributed by atoms with E-state index in [2.05, 4.69) is 0 Å². The first-order chi connectivity index (χ1) is 8.84. The first-order valence-corrected chi connectivity index (χ1v) is 8.37. The van der Waals surface area contributed by atoms with Crippen LogP contribution in [0.3, 0.4) is 0 Å². The van der Waals surface area contributed by atoms with E-state index in [9.17, 15) is 8.42 Å². The molecule has 1 saturated heterocycles. The maximum absolute atomic E-state index is 12.8. The molecule has 4 heteroatoms. The number of hydrogen-bond donors (Lipinski definition) is 0. The molecule has 0 N–H and O–H groups in total. The normalized spacial score (nSPS) is 21.6. The highest BCUT2D eigenvalue weighted by Crippen LogP contribution is 2.28. The van der Waals surface area contributed by atoms with Gasteiger partial charge in [-0.05, 0) is 63.3 Å². The van der Waals surface area contributed by atoms with Gasteiger partial charge in [0.25, 0.3) is 0 Å². The van der Waals surface area contributed by atoms with Gasteiger partial charge in [-0.2, -0.15) is 4.31 Å². The molecule has 1 aliphatic heterocycles. The minimum atomic E-state index is -3.35. The van der Waals surface area contributed by atoms with Crippen molar-refractivity contribution in [3.8, 4) is 0 Å². The maximum atomic E-state index is 12.8. The summed E-state index contributed by atoms with van der Waals surface area (Å²) in [6, 6.07) is 3.90. The molecule has 3 nitrogen and oxygen atoms in total. The van der Waals surface area contributed by atoms with Gasteiger partial charge in [0.2, 0.25) is 10.0 Å². The molecule has 0 saturated carbocycles. The molecular formula is C15H23NO2S. The van der Waals surface area contributed by atoms with Gasteiger partial charge >= 0.3 is 0 Å². The molecule has 19 heavy (non-hydrogen) atoms. The van der Waals surface area contributed by atoms with Crippen LogP contribution in [-0.4, -0.2) is 25.3 Å². The van der Waals surface area contributed by atoms with Gasteiger partial charge in [0.1, 0.15) is 0 Å². The van der Waals surface area contributed by atoms with Gasteiger partial charge in [0.15, 0.2) is 0 Å². The molecule has 1 fully saturated rings. The summed E-state index contributed by atoms with van der Waals surface area (Å²) in [5.74, 6) is 0. The predicted molar refractivity (Wildman–Crippen MR) is 77.9 cm³/mol. The van der Waals surface area contributed by atoms with Crippen molar-refractivity contribution in [1.82, 2.24) is 4.31 Å². The lowest BCUT2D eigenvalue weighted by molar-refractivity contribution is 0.268. The monoisotopic (exact) mass is 281 g/mol. The zero-order valence-electron chi connectivity index (χ0n) is 12.2. The Morgan fingerprint density at radius 1 is 1.05 bits per heavy atom. The van der Waals surface area contributed by atoms with Gasteiger partial charge in [0, 0.05) is 12.6 Å². The minimum Gasteiger partial charge on any atom is -0.207 e. The molecule has 0 aliphatic carbocycles. The third-order valence-electron chi connectivity index (χ3n) is 4.12.